The van der Waals surface area contributed by atoms with Crippen molar-refractivity contribution in [2.24, 2.45) is 0 Å². The maximum absolute atomic E-state index is 5.66. The molecule has 1 aliphatic rings. The van der Waals surface area contributed by atoms with E-state index in [1.165, 1.54) is 40.8 Å². The normalized spacial score (nSPS) is 12.4. The molecule has 0 saturated heterocycles. The van der Waals surface area contributed by atoms with Crippen molar-refractivity contribution in [1.29, 1.82) is 0 Å². The average Bonchev–Trinajstić information content (AvgIpc) is 3.58. The smallest absolute Gasteiger partial charge is 0.231 e. The van der Waals surface area contributed by atoms with Gasteiger partial charge >= 0.3 is 0 Å². The van der Waals surface area contributed by atoms with Crippen LogP contribution in [0.2, 0.25) is 0 Å². The van der Waals surface area contributed by atoms with Gasteiger partial charge in [0.25, 0.3) is 0 Å². The van der Waals surface area contributed by atoms with E-state index in [9.17, 15) is 0 Å². The summed E-state index contributed by atoms with van der Waals surface area (Å²) in [6.07, 6.45) is 7.96. The summed E-state index contributed by atoms with van der Waals surface area (Å²) in [5.41, 5.74) is 6.38. The van der Waals surface area contributed by atoms with E-state index in [1.54, 1.807) is 0 Å². The van der Waals surface area contributed by atoms with Gasteiger partial charge in [-0.2, -0.15) is 0 Å². The van der Waals surface area contributed by atoms with Gasteiger partial charge in [0.15, 0.2) is 11.5 Å². The summed E-state index contributed by atoms with van der Waals surface area (Å²) >= 11 is 0. The van der Waals surface area contributed by atoms with Gasteiger partial charge in [-0.25, -0.2) is 4.98 Å². The van der Waals surface area contributed by atoms with E-state index in [1.807, 2.05) is 6.07 Å². The van der Waals surface area contributed by atoms with Crippen molar-refractivity contribution in [3.63, 3.8) is 0 Å². The van der Waals surface area contributed by atoms with Gasteiger partial charge in [-0.1, -0.05) is 87.4 Å². The molecule has 2 heterocycles. The first-order valence-electron chi connectivity index (χ1n) is 14.0. The minimum absolute atomic E-state index is 0.297. The van der Waals surface area contributed by atoms with Crippen molar-refractivity contribution in [3.05, 3.63) is 101 Å². The van der Waals surface area contributed by atoms with Crippen LogP contribution in [0.5, 0.6) is 11.5 Å². The SMILES string of the molecule is CCCCc1ccc(CN(Cc2ccc3c(c2)OCO3)Cc2cnc(-c3ccccc3)n2CCCC)cc1. The highest BCUT2D eigenvalue weighted by Crippen LogP contribution is 2.33. The van der Waals surface area contributed by atoms with Gasteiger partial charge in [-0.05, 0) is 48.1 Å². The highest BCUT2D eigenvalue weighted by molar-refractivity contribution is 5.56. The standard InChI is InChI=1S/C33H39N3O2/c1-3-5-10-26-13-15-27(16-14-26)22-35(23-28-17-18-31-32(20-28)38-25-37-31)24-30-21-34-33(36(30)19-6-4-2)29-11-8-7-9-12-29/h7-9,11-18,20-21H,3-6,10,19,22-25H2,1-2H3. The van der Waals surface area contributed by atoms with Crippen molar-refractivity contribution in [3.8, 4) is 22.9 Å². The fourth-order valence-corrected chi connectivity index (χ4v) is 5.07. The summed E-state index contributed by atoms with van der Waals surface area (Å²) < 4.78 is 13.6. The Morgan fingerprint density at radius 2 is 1.47 bits per heavy atom. The highest BCUT2D eigenvalue weighted by Gasteiger charge is 2.18. The number of ether oxygens (including phenoxy) is 2. The molecular weight excluding hydrogens is 470 g/mol. The lowest BCUT2D eigenvalue weighted by atomic mass is 10.1. The van der Waals surface area contributed by atoms with Crippen LogP contribution in [0.3, 0.4) is 0 Å². The third-order valence-electron chi connectivity index (χ3n) is 7.18. The molecule has 1 aliphatic heterocycles. The lowest BCUT2D eigenvalue weighted by molar-refractivity contribution is 0.174. The Morgan fingerprint density at radius 1 is 0.763 bits per heavy atom. The molecule has 5 rings (SSSR count). The molecule has 0 saturated carbocycles. The molecule has 0 fully saturated rings. The minimum atomic E-state index is 0.297. The molecule has 0 unspecified atom stereocenters. The van der Waals surface area contributed by atoms with Gasteiger partial charge in [0.1, 0.15) is 5.82 Å². The zero-order valence-electron chi connectivity index (χ0n) is 22.7. The number of benzene rings is 3. The number of rotatable bonds is 13. The highest BCUT2D eigenvalue weighted by atomic mass is 16.7. The van der Waals surface area contributed by atoms with Crippen molar-refractivity contribution < 1.29 is 9.47 Å². The average molecular weight is 510 g/mol. The summed E-state index contributed by atoms with van der Waals surface area (Å²) in [6, 6.07) is 26.0. The fraction of sp³-hybridized carbons (Fsp3) is 0.364. The van der Waals surface area contributed by atoms with Crippen molar-refractivity contribution in [2.45, 2.75) is 72.1 Å². The van der Waals surface area contributed by atoms with Crippen LogP contribution < -0.4 is 9.47 Å². The molecule has 0 atom stereocenters. The maximum Gasteiger partial charge on any atom is 0.231 e. The quantitative estimate of drug-likeness (QED) is 0.186. The van der Waals surface area contributed by atoms with E-state index in [2.05, 4.69) is 96.2 Å². The van der Waals surface area contributed by atoms with Gasteiger partial charge in [0.05, 0.1) is 11.9 Å². The van der Waals surface area contributed by atoms with Gasteiger partial charge in [0, 0.05) is 31.7 Å². The number of unbranched alkanes of at least 4 members (excludes halogenated alkanes) is 2. The Morgan fingerprint density at radius 3 is 2.26 bits per heavy atom. The van der Waals surface area contributed by atoms with Crippen LogP contribution in [0.15, 0.2) is 79.0 Å². The second-order valence-electron chi connectivity index (χ2n) is 10.2. The van der Waals surface area contributed by atoms with Gasteiger partial charge in [-0.15, -0.1) is 0 Å². The molecule has 0 radical (unpaired) electrons. The fourth-order valence-electron chi connectivity index (χ4n) is 5.07. The largest absolute Gasteiger partial charge is 0.454 e. The van der Waals surface area contributed by atoms with E-state index in [4.69, 9.17) is 14.5 Å². The van der Waals surface area contributed by atoms with E-state index in [0.29, 0.717) is 6.79 Å². The molecule has 1 aromatic heterocycles. The minimum Gasteiger partial charge on any atom is -0.454 e. The molecule has 0 spiro atoms. The van der Waals surface area contributed by atoms with E-state index >= 15 is 0 Å². The van der Waals surface area contributed by atoms with Crippen LogP contribution in [0, 0.1) is 0 Å². The molecule has 4 aromatic rings. The Bertz CT molecular complexity index is 1300. The van der Waals surface area contributed by atoms with Gasteiger partial charge in [-0.3, -0.25) is 4.90 Å². The lowest BCUT2D eigenvalue weighted by Gasteiger charge is -2.24. The number of hydrogen-bond acceptors (Lipinski definition) is 4. The zero-order valence-corrected chi connectivity index (χ0v) is 22.7. The number of aromatic nitrogens is 2. The number of imidazole rings is 1. The molecule has 0 aliphatic carbocycles. The Kier molecular flexibility index (Phi) is 8.77. The predicted octanol–water partition coefficient (Wildman–Crippen LogP) is 7.62. The zero-order chi connectivity index (χ0) is 26.2. The number of hydrogen-bond donors (Lipinski definition) is 0. The molecule has 0 bridgehead atoms. The van der Waals surface area contributed by atoms with E-state index in [0.717, 1.165) is 62.8 Å². The monoisotopic (exact) mass is 509 g/mol. The number of nitrogens with zero attached hydrogens (tertiary/aromatic N) is 3. The maximum atomic E-state index is 5.66. The van der Waals surface area contributed by atoms with Gasteiger partial charge in [0.2, 0.25) is 6.79 Å². The van der Waals surface area contributed by atoms with Crippen molar-refractivity contribution >= 4 is 0 Å². The van der Waals surface area contributed by atoms with Crippen LogP contribution in [-0.4, -0.2) is 21.2 Å². The summed E-state index contributed by atoms with van der Waals surface area (Å²) in [5, 5.41) is 0. The molecule has 3 aromatic carbocycles. The third-order valence-corrected chi connectivity index (χ3v) is 7.18. The summed E-state index contributed by atoms with van der Waals surface area (Å²) in [7, 11) is 0. The molecular formula is C33H39N3O2. The number of aryl methyl sites for hydroxylation is 1. The first-order valence-corrected chi connectivity index (χ1v) is 14.0. The first kappa shape index (κ1) is 26.1. The topological polar surface area (TPSA) is 39.5 Å². The van der Waals surface area contributed by atoms with Gasteiger partial charge < -0.3 is 14.0 Å². The molecule has 0 N–H and O–H groups in total. The van der Waals surface area contributed by atoms with Crippen molar-refractivity contribution in [1.82, 2.24) is 14.5 Å². The molecule has 5 nitrogen and oxygen atoms in total. The molecule has 5 heteroatoms. The lowest BCUT2D eigenvalue weighted by Crippen LogP contribution is -2.24. The Hall–Kier alpha value is -3.57. The Balaban J connectivity index is 1.41. The van der Waals surface area contributed by atoms with Crippen LogP contribution in [0.25, 0.3) is 11.4 Å². The number of fused-ring (bicyclic) bond motifs is 1. The Labute approximate surface area is 227 Å². The second-order valence-corrected chi connectivity index (χ2v) is 10.2. The molecule has 198 valence electrons. The summed E-state index contributed by atoms with van der Waals surface area (Å²) in [6.45, 7) is 8.25. The van der Waals surface area contributed by atoms with Crippen LogP contribution >= 0.6 is 0 Å². The van der Waals surface area contributed by atoms with Crippen molar-refractivity contribution in [2.75, 3.05) is 6.79 Å². The van der Waals surface area contributed by atoms with Crippen LogP contribution in [-0.2, 0) is 32.6 Å². The second kappa shape index (κ2) is 12.8. The first-order chi connectivity index (χ1) is 18.7. The predicted molar refractivity (Wildman–Crippen MR) is 153 cm³/mol. The van der Waals surface area contributed by atoms with E-state index < -0.39 is 0 Å². The van der Waals surface area contributed by atoms with E-state index in [-0.39, 0.29) is 0 Å². The summed E-state index contributed by atoms with van der Waals surface area (Å²) in [4.78, 5) is 7.40. The third kappa shape index (κ3) is 6.46. The molecule has 38 heavy (non-hydrogen) atoms. The summed E-state index contributed by atoms with van der Waals surface area (Å²) in [5.74, 6) is 2.72. The molecule has 0 amide bonds. The van der Waals surface area contributed by atoms with Crippen LogP contribution in [0.1, 0.15) is 61.9 Å². The van der Waals surface area contributed by atoms with Crippen LogP contribution in [0.4, 0.5) is 0 Å².